The summed E-state index contributed by atoms with van der Waals surface area (Å²) in [6.07, 6.45) is 0.822. The number of halogens is 2. The van der Waals surface area contributed by atoms with Gasteiger partial charge in [0.15, 0.2) is 6.54 Å². The van der Waals surface area contributed by atoms with Crippen molar-refractivity contribution in [2.24, 2.45) is 0 Å². The number of amides is 2. The van der Waals surface area contributed by atoms with Gasteiger partial charge >= 0.3 is 0 Å². The predicted molar refractivity (Wildman–Crippen MR) is 109 cm³/mol. The SMILES string of the molecule is CCc1ccccc1NC(=O)CNC(=O)C[NH+](C)Cc1cccc(Cl)c1Cl. The largest absolute Gasteiger partial charge is 0.342 e. The minimum absolute atomic E-state index is 0.0674. The number of likely N-dealkylation sites (N-methyl/N-ethyl adjacent to an activating group) is 1. The van der Waals surface area contributed by atoms with Gasteiger partial charge in [-0.3, -0.25) is 9.59 Å². The lowest BCUT2D eigenvalue weighted by molar-refractivity contribution is -0.885. The molecule has 3 N–H and O–H groups in total. The van der Waals surface area contributed by atoms with Crippen LogP contribution in [0.15, 0.2) is 42.5 Å². The summed E-state index contributed by atoms with van der Waals surface area (Å²) in [5.41, 5.74) is 2.71. The van der Waals surface area contributed by atoms with Crippen molar-refractivity contribution in [3.8, 4) is 0 Å². The number of benzene rings is 2. The molecule has 5 nitrogen and oxygen atoms in total. The zero-order valence-corrected chi connectivity index (χ0v) is 17.0. The zero-order valence-electron chi connectivity index (χ0n) is 15.4. The van der Waals surface area contributed by atoms with E-state index in [1.54, 1.807) is 6.07 Å². The fourth-order valence-corrected chi connectivity index (χ4v) is 3.12. The molecular formula is C20H24Cl2N3O2+. The van der Waals surface area contributed by atoms with E-state index in [1.165, 1.54) is 0 Å². The summed E-state index contributed by atoms with van der Waals surface area (Å²) in [7, 11) is 1.88. The van der Waals surface area contributed by atoms with E-state index >= 15 is 0 Å². The van der Waals surface area contributed by atoms with Gasteiger partial charge in [0.2, 0.25) is 5.91 Å². The second kappa shape index (κ2) is 10.3. The maximum absolute atomic E-state index is 12.1. The molecule has 7 heteroatoms. The first-order valence-electron chi connectivity index (χ1n) is 8.79. The molecule has 1 unspecified atom stereocenters. The number of nitrogens with one attached hydrogen (secondary N) is 3. The average molecular weight is 409 g/mol. The molecule has 0 aliphatic carbocycles. The molecule has 2 amide bonds. The van der Waals surface area contributed by atoms with Crippen LogP contribution in [-0.4, -0.2) is 32.0 Å². The molecule has 0 aliphatic heterocycles. The molecule has 0 aliphatic rings. The monoisotopic (exact) mass is 408 g/mol. The van der Waals surface area contributed by atoms with Crippen molar-refractivity contribution >= 4 is 40.7 Å². The summed E-state index contributed by atoms with van der Waals surface area (Å²) in [6, 6.07) is 13.1. The van der Waals surface area contributed by atoms with Crippen LogP contribution >= 0.6 is 23.2 Å². The third kappa shape index (κ3) is 6.54. The highest BCUT2D eigenvalue weighted by Gasteiger charge is 2.14. The summed E-state index contributed by atoms with van der Waals surface area (Å²) in [5.74, 6) is -0.454. The van der Waals surface area contributed by atoms with Gasteiger partial charge in [0.05, 0.1) is 23.6 Å². The standard InChI is InChI=1S/C20H23Cl2N3O2/c1-3-14-7-4-5-10-17(14)24-18(26)11-23-19(27)13-25(2)12-15-8-6-9-16(21)20(15)22/h4-10H,3,11-13H2,1-2H3,(H,23,27)(H,24,26)/p+1. The third-order valence-corrected chi connectivity index (χ3v) is 4.96. The maximum atomic E-state index is 12.1. The first-order valence-corrected chi connectivity index (χ1v) is 9.55. The summed E-state index contributed by atoms with van der Waals surface area (Å²) in [6.45, 7) is 2.74. The van der Waals surface area contributed by atoms with E-state index in [0.29, 0.717) is 16.6 Å². The Balaban J connectivity index is 1.79. The van der Waals surface area contributed by atoms with Gasteiger partial charge in [-0.15, -0.1) is 0 Å². The van der Waals surface area contributed by atoms with Crippen molar-refractivity contribution in [3.63, 3.8) is 0 Å². The Morgan fingerprint density at radius 2 is 1.70 bits per heavy atom. The summed E-state index contributed by atoms with van der Waals surface area (Å²) < 4.78 is 0. The fourth-order valence-electron chi connectivity index (χ4n) is 2.73. The Morgan fingerprint density at radius 3 is 2.44 bits per heavy atom. The van der Waals surface area contributed by atoms with Crippen molar-refractivity contribution < 1.29 is 14.5 Å². The van der Waals surface area contributed by atoms with Crippen molar-refractivity contribution in [1.29, 1.82) is 0 Å². The third-order valence-electron chi connectivity index (χ3n) is 4.10. The zero-order chi connectivity index (χ0) is 19.8. The van der Waals surface area contributed by atoms with E-state index in [1.807, 2.05) is 50.4 Å². The van der Waals surface area contributed by atoms with Crippen LogP contribution in [0.4, 0.5) is 5.69 Å². The molecule has 0 saturated heterocycles. The minimum Gasteiger partial charge on any atom is -0.342 e. The van der Waals surface area contributed by atoms with E-state index < -0.39 is 0 Å². The second-order valence-electron chi connectivity index (χ2n) is 6.36. The highest BCUT2D eigenvalue weighted by molar-refractivity contribution is 6.42. The molecule has 0 bridgehead atoms. The van der Waals surface area contributed by atoms with Crippen molar-refractivity contribution in [3.05, 3.63) is 63.6 Å². The van der Waals surface area contributed by atoms with Crippen molar-refractivity contribution in [2.75, 3.05) is 25.5 Å². The van der Waals surface area contributed by atoms with Gasteiger partial charge in [-0.2, -0.15) is 0 Å². The number of rotatable bonds is 8. The van der Waals surface area contributed by atoms with Gasteiger partial charge in [0.25, 0.3) is 5.91 Å². The van der Waals surface area contributed by atoms with Crippen LogP contribution in [0.3, 0.4) is 0 Å². The average Bonchev–Trinajstić information content (AvgIpc) is 2.64. The number of carbonyl (C=O) groups excluding carboxylic acids is 2. The smallest absolute Gasteiger partial charge is 0.275 e. The van der Waals surface area contributed by atoms with Gasteiger partial charge in [-0.25, -0.2) is 0 Å². The quantitative estimate of drug-likeness (QED) is 0.627. The molecule has 2 aromatic rings. The highest BCUT2D eigenvalue weighted by atomic mass is 35.5. The van der Waals surface area contributed by atoms with E-state index in [4.69, 9.17) is 23.2 Å². The summed E-state index contributed by atoms with van der Waals surface area (Å²) in [4.78, 5) is 25.1. The first-order chi connectivity index (χ1) is 12.9. The van der Waals surface area contributed by atoms with Crippen LogP contribution < -0.4 is 15.5 Å². The highest BCUT2D eigenvalue weighted by Crippen LogP contribution is 2.24. The Hall–Kier alpha value is -2.08. The lowest BCUT2D eigenvalue weighted by Gasteiger charge is -2.15. The van der Waals surface area contributed by atoms with E-state index in [0.717, 1.165) is 28.1 Å². The molecule has 0 heterocycles. The topological polar surface area (TPSA) is 62.6 Å². The predicted octanol–water partition coefficient (Wildman–Crippen LogP) is 2.33. The maximum Gasteiger partial charge on any atom is 0.275 e. The van der Waals surface area contributed by atoms with Gasteiger partial charge in [-0.1, -0.05) is 60.5 Å². The van der Waals surface area contributed by atoms with Gasteiger partial charge in [0.1, 0.15) is 6.54 Å². The van der Waals surface area contributed by atoms with Crippen LogP contribution in [0.25, 0.3) is 0 Å². The molecule has 0 radical (unpaired) electrons. The van der Waals surface area contributed by atoms with Crippen LogP contribution in [0.2, 0.25) is 10.0 Å². The molecule has 0 spiro atoms. The van der Waals surface area contributed by atoms with Crippen LogP contribution in [0.5, 0.6) is 0 Å². The molecule has 0 fully saturated rings. The molecule has 144 valence electrons. The molecule has 2 rings (SSSR count). The number of hydrogen-bond donors (Lipinski definition) is 3. The molecule has 0 saturated carbocycles. The number of quaternary nitrogens is 1. The number of hydrogen-bond acceptors (Lipinski definition) is 2. The van der Waals surface area contributed by atoms with Crippen LogP contribution in [0.1, 0.15) is 18.1 Å². The fraction of sp³-hybridized carbons (Fsp3) is 0.300. The normalized spacial score (nSPS) is 11.7. The van der Waals surface area contributed by atoms with Gasteiger partial charge < -0.3 is 15.5 Å². The van der Waals surface area contributed by atoms with E-state index in [2.05, 4.69) is 10.6 Å². The Kier molecular flexibility index (Phi) is 8.10. The molecular weight excluding hydrogens is 385 g/mol. The molecule has 1 atom stereocenters. The van der Waals surface area contributed by atoms with Crippen LogP contribution in [-0.2, 0) is 22.6 Å². The van der Waals surface area contributed by atoms with Crippen molar-refractivity contribution in [2.45, 2.75) is 19.9 Å². The van der Waals surface area contributed by atoms with E-state index in [9.17, 15) is 9.59 Å². The minimum atomic E-state index is -0.250. The lowest BCUT2D eigenvalue weighted by Crippen LogP contribution is -3.08. The lowest BCUT2D eigenvalue weighted by atomic mass is 10.1. The van der Waals surface area contributed by atoms with Crippen LogP contribution in [0, 0.1) is 0 Å². The number of carbonyl (C=O) groups is 2. The molecule has 27 heavy (non-hydrogen) atoms. The Morgan fingerprint density at radius 1 is 1.00 bits per heavy atom. The van der Waals surface area contributed by atoms with Gasteiger partial charge in [0, 0.05) is 11.3 Å². The molecule has 2 aromatic carbocycles. The Labute approximate surface area is 169 Å². The summed E-state index contributed by atoms with van der Waals surface area (Å²) >= 11 is 12.2. The first kappa shape index (κ1) is 21.2. The summed E-state index contributed by atoms with van der Waals surface area (Å²) in [5, 5.41) is 6.49. The van der Waals surface area contributed by atoms with Crippen molar-refractivity contribution in [1.82, 2.24) is 5.32 Å². The molecule has 0 aromatic heterocycles. The number of aryl methyl sites for hydroxylation is 1. The van der Waals surface area contributed by atoms with E-state index in [-0.39, 0.29) is 24.9 Å². The number of anilines is 1. The Bertz CT molecular complexity index is 812. The number of para-hydroxylation sites is 1. The second-order valence-corrected chi connectivity index (χ2v) is 7.14. The van der Waals surface area contributed by atoms with Gasteiger partial charge in [-0.05, 0) is 24.1 Å².